The number of nitrogens with one attached hydrogen (secondary N) is 2. The molecule has 5 heteroatoms. The van der Waals surface area contributed by atoms with E-state index in [0.29, 0.717) is 23.9 Å². The normalized spacial score (nSPS) is 22.4. The molecule has 20 heavy (non-hydrogen) atoms. The molecule has 110 valence electrons. The van der Waals surface area contributed by atoms with E-state index in [4.69, 9.17) is 4.74 Å². The van der Waals surface area contributed by atoms with Gasteiger partial charge >= 0.3 is 0 Å². The van der Waals surface area contributed by atoms with E-state index in [1.807, 2.05) is 0 Å². The van der Waals surface area contributed by atoms with Crippen molar-refractivity contribution in [2.45, 2.75) is 13.3 Å². The van der Waals surface area contributed by atoms with E-state index < -0.39 is 5.82 Å². The summed E-state index contributed by atoms with van der Waals surface area (Å²) in [6.07, 6.45) is 1.05. The van der Waals surface area contributed by atoms with Gasteiger partial charge in [-0.15, -0.1) is 0 Å². The maximum atomic E-state index is 13.6. The first-order valence-electron chi connectivity index (χ1n) is 6.94. The standard InChI is InChI=1S/C15H21FN2O2/c1-10-8-17-6-5-12(10)9-18-15(19)11-3-4-14(20-2)13(16)7-11/h3-4,7,10,12,17H,5-6,8-9H2,1-2H3,(H,18,19). The van der Waals surface area contributed by atoms with Crippen LogP contribution in [0, 0.1) is 17.7 Å². The first kappa shape index (κ1) is 14.8. The molecule has 1 fully saturated rings. The molecule has 0 saturated carbocycles. The second-order valence-electron chi connectivity index (χ2n) is 5.29. The molecule has 2 N–H and O–H groups in total. The van der Waals surface area contributed by atoms with Crippen molar-refractivity contribution in [3.8, 4) is 5.75 Å². The zero-order valence-corrected chi connectivity index (χ0v) is 11.9. The molecule has 1 amide bonds. The Hall–Kier alpha value is -1.62. The highest BCUT2D eigenvalue weighted by atomic mass is 19.1. The summed E-state index contributed by atoms with van der Waals surface area (Å²) < 4.78 is 18.4. The van der Waals surface area contributed by atoms with Crippen molar-refractivity contribution >= 4 is 5.91 Å². The smallest absolute Gasteiger partial charge is 0.251 e. The van der Waals surface area contributed by atoms with Gasteiger partial charge < -0.3 is 15.4 Å². The average Bonchev–Trinajstić information content (AvgIpc) is 2.46. The first-order chi connectivity index (χ1) is 9.61. The number of carbonyl (C=O) groups is 1. The number of hydrogen-bond donors (Lipinski definition) is 2. The second-order valence-corrected chi connectivity index (χ2v) is 5.29. The Kier molecular flexibility index (Phi) is 4.95. The molecule has 2 rings (SSSR count). The van der Waals surface area contributed by atoms with Gasteiger partial charge in [0.05, 0.1) is 7.11 Å². The fourth-order valence-corrected chi connectivity index (χ4v) is 2.51. The Labute approximate surface area is 118 Å². The maximum absolute atomic E-state index is 13.6. The Balaban J connectivity index is 1.93. The molecule has 0 radical (unpaired) electrons. The van der Waals surface area contributed by atoms with Crippen molar-refractivity contribution < 1.29 is 13.9 Å². The predicted molar refractivity (Wildman–Crippen MR) is 75.4 cm³/mol. The molecule has 1 aromatic carbocycles. The van der Waals surface area contributed by atoms with Gasteiger partial charge in [-0.2, -0.15) is 0 Å². The molecule has 1 aliphatic rings. The van der Waals surface area contributed by atoms with Gasteiger partial charge in [-0.05, 0) is 49.5 Å². The minimum Gasteiger partial charge on any atom is -0.494 e. The lowest BCUT2D eigenvalue weighted by molar-refractivity contribution is 0.0937. The van der Waals surface area contributed by atoms with Gasteiger partial charge in [0.15, 0.2) is 11.6 Å². The number of rotatable bonds is 4. The molecular formula is C15H21FN2O2. The quantitative estimate of drug-likeness (QED) is 0.884. The molecule has 0 aromatic heterocycles. The van der Waals surface area contributed by atoms with Gasteiger partial charge in [0, 0.05) is 12.1 Å². The van der Waals surface area contributed by atoms with Crippen LogP contribution < -0.4 is 15.4 Å². The van der Waals surface area contributed by atoms with Crippen LogP contribution in [-0.4, -0.2) is 32.7 Å². The van der Waals surface area contributed by atoms with Crippen LogP contribution >= 0.6 is 0 Å². The van der Waals surface area contributed by atoms with E-state index in [1.165, 1.54) is 19.2 Å². The van der Waals surface area contributed by atoms with E-state index in [9.17, 15) is 9.18 Å². The van der Waals surface area contributed by atoms with Gasteiger partial charge in [0.25, 0.3) is 5.91 Å². The lowest BCUT2D eigenvalue weighted by atomic mass is 9.88. The molecule has 0 spiro atoms. The molecular weight excluding hydrogens is 259 g/mol. The molecule has 1 aliphatic heterocycles. The van der Waals surface area contributed by atoms with Crippen LogP contribution in [0.15, 0.2) is 18.2 Å². The van der Waals surface area contributed by atoms with Gasteiger partial charge in [0.1, 0.15) is 0 Å². The molecule has 1 aromatic rings. The zero-order chi connectivity index (χ0) is 14.5. The Morgan fingerprint density at radius 3 is 3.00 bits per heavy atom. The van der Waals surface area contributed by atoms with Crippen LogP contribution in [0.3, 0.4) is 0 Å². The van der Waals surface area contributed by atoms with Gasteiger partial charge in [0.2, 0.25) is 0 Å². The van der Waals surface area contributed by atoms with Gasteiger partial charge in [-0.25, -0.2) is 4.39 Å². The third-order valence-corrected chi connectivity index (χ3v) is 3.90. The molecule has 2 unspecified atom stereocenters. The van der Waals surface area contributed by atoms with E-state index in [2.05, 4.69) is 17.6 Å². The summed E-state index contributed by atoms with van der Waals surface area (Å²) in [6, 6.07) is 4.25. The maximum Gasteiger partial charge on any atom is 0.251 e. The second kappa shape index (κ2) is 6.70. The van der Waals surface area contributed by atoms with Crippen molar-refractivity contribution in [1.82, 2.24) is 10.6 Å². The minimum absolute atomic E-state index is 0.147. The summed E-state index contributed by atoms with van der Waals surface area (Å²) in [5.74, 6) is 0.404. The highest BCUT2D eigenvalue weighted by molar-refractivity contribution is 5.94. The lowest BCUT2D eigenvalue weighted by Gasteiger charge is -2.29. The monoisotopic (exact) mass is 280 g/mol. The Morgan fingerprint density at radius 2 is 2.35 bits per heavy atom. The van der Waals surface area contributed by atoms with E-state index in [0.717, 1.165) is 19.5 Å². The fraction of sp³-hybridized carbons (Fsp3) is 0.533. The molecule has 0 aliphatic carbocycles. The molecule has 2 atom stereocenters. The SMILES string of the molecule is COc1ccc(C(=O)NCC2CCNCC2C)cc1F. The van der Waals surface area contributed by atoms with Crippen molar-refractivity contribution in [1.29, 1.82) is 0 Å². The van der Waals surface area contributed by atoms with E-state index in [1.54, 1.807) is 6.07 Å². The third-order valence-electron chi connectivity index (χ3n) is 3.90. The van der Waals surface area contributed by atoms with Crippen LogP contribution in [0.5, 0.6) is 5.75 Å². The van der Waals surface area contributed by atoms with Crippen LogP contribution in [0.4, 0.5) is 4.39 Å². The third kappa shape index (κ3) is 3.48. The number of methoxy groups -OCH3 is 1. The number of amides is 1. The molecule has 1 saturated heterocycles. The summed E-state index contributed by atoms with van der Waals surface area (Å²) in [6.45, 7) is 4.78. The molecule has 1 heterocycles. The van der Waals surface area contributed by atoms with Gasteiger partial charge in [-0.3, -0.25) is 4.79 Å². The number of benzene rings is 1. The largest absolute Gasteiger partial charge is 0.494 e. The summed E-state index contributed by atoms with van der Waals surface area (Å²) in [5.41, 5.74) is 0.324. The van der Waals surface area contributed by atoms with Crippen LogP contribution in [0.25, 0.3) is 0 Å². The topological polar surface area (TPSA) is 50.4 Å². The number of hydrogen-bond acceptors (Lipinski definition) is 3. The molecule has 0 bridgehead atoms. The van der Waals surface area contributed by atoms with E-state index >= 15 is 0 Å². The molecule has 4 nitrogen and oxygen atoms in total. The summed E-state index contributed by atoms with van der Waals surface area (Å²) in [7, 11) is 1.40. The van der Waals surface area contributed by atoms with Crippen molar-refractivity contribution in [3.63, 3.8) is 0 Å². The van der Waals surface area contributed by atoms with Gasteiger partial charge in [-0.1, -0.05) is 6.92 Å². The summed E-state index contributed by atoms with van der Waals surface area (Å²) >= 11 is 0. The van der Waals surface area contributed by atoms with Crippen molar-refractivity contribution in [2.24, 2.45) is 11.8 Å². The Bertz CT molecular complexity index is 479. The van der Waals surface area contributed by atoms with Crippen LogP contribution in [0.1, 0.15) is 23.7 Å². The van der Waals surface area contributed by atoms with E-state index in [-0.39, 0.29) is 11.7 Å². The highest BCUT2D eigenvalue weighted by Gasteiger charge is 2.21. The van der Waals surface area contributed by atoms with Crippen LogP contribution in [0.2, 0.25) is 0 Å². The van der Waals surface area contributed by atoms with Crippen LogP contribution in [-0.2, 0) is 0 Å². The summed E-state index contributed by atoms with van der Waals surface area (Å²) in [5, 5.41) is 6.22. The number of carbonyl (C=O) groups excluding carboxylic acids is 1. The predicted octanol–water partition coefficient (Wildman–Crippen LogP) is 1.81. The number of ether oxygens (including phenoxy) is 1. The zero-order valence-electron chi connectivity index (χ0n) is 11.9. The Morgan fingerprint density at radius 1 is 1.55 bits per heavy atom. The number of piperidine rings is 1. The summed E-state index contributed by atoms with van der Waals surface area (Å²) in [4.78, 5) is 12.0. The van der Waals surface area contributed by atoms with Crippen molar-refractivity contribution in [2.75, 3.05) is 26.7 Å². The lowest BCUT2D eigenvalue weighted by Crippen LogP contribution is -2.41. The van der Waals surface area contributed by atoms with Crippen molar-refractivity contribution in [3.05, 3.63) is 29.6 Å². The highest BCUT2D eigenvalue weighted by Crippen LogP contribution is 2.19. The average molecular weight is 280 g/mol. The first-order valence-corrected chi connectivity index (χ1v) is 6.94. The fourth-order valence-electron chi connectivity index (χ4n) is 2.51. The minimum atomic E-state index is -0.518. The number of halogens is 1.